The number of amides is 1. The van der Waals surface area contributed by atoms with Gasteiger partial charge in [0.25, 0.3) is 5.91 Å². The molecular weight excluding hydrogens is 288 g/mol. The topological polar surface area (TPSA) is 57.3 Å². The van der Waals surface area contributed by atoms with Crippen molar-refractivity contribution >= 4 is 23.3 Å². The second-order valence-electron chi connectivity index (χ2n) is 5.34. The number of aromatic nitrogens is 1. The Morgan fingerprint density at radius 1 is 1.52 bits per heavy atom. The van der Waals surface area contributed by atoms with Crippen LogP contribution in [0.4, 0.5) is 5.82 Å². The highest BCUT2D eigenvalue weighted by atomic mass is 35.5. The summed E-state index contributed by atoms with van der Waals surface area (Å²) < 4.78 is 0. The van der Waals surface area contributed by atoms with Crippen LogP contribution in [0.2, 0.25) is 5.02 Å². The van der Waals surface area contributed by atoms with Crippen molar-refractivity contribution in [2.45, 2.75) is 20.3 Å². The van der Waals surface area contributed by atoms with Crippen LogP contribution >= 0.6 is 11.6 Å². The molecule has 5 nitrogen and oxygen atoms in total. The molecule has 21 heavy (non-hydrogen) atoms. The number of pyridine rings is 1. The monoisotopic (exact) mass is 310 g/mol. The number of nitrogens with zero attached hydrogens (tertiary/aromatic N) is 2. The van der Waals surface area contributed by atoms with Crippen molar-refractivity contribution in [3.63, 3.8) is 0 Å². The molecule has 2 N–H and O–H groups in total. The summed E-state index contributed by atoms with van der Waals surface area (Å²) in [5.41, 5.74) is 0.506. The third-order valence-corrected chi connectivity index (χ3v) is 4.10. The van der Waals surface area contributed by atoms with Gasteiger partial charge in [0.2, 0.25) is 0 Å². The number of halogens is 1. The summed E-state index contributed by atoms with van der Waals surface area (Å²) in [5, 5.41) is 6.50. The minimum Gasteiger partial charge on any atom is -0.369 e. The molecule has 1 fully saturated rings. The first-order valence-electron chi connectivity index (χ1n) is 7.54. The van der Waals surface area contributed by atoms with Crippen LogP contribution in [0.15, 0.2) is 12.3 Å². The van der Waals surface area contributed by atoms with Crippen LogP contribution in [0.1, 0.15) is 30.6 Å². The summed E-state index contributed by atoms with van der Waals surface area (Å²) in [6.45, 7) is 8.86. The molecule has 1 unspecified atom stereocenters. The Morgan fingerprint density at radius 3 is 2.95 bits per heavy atom. The van der Waals surface area contributed by atoms with Crippen molar-refractivity contribution in [2.24, 2.45) is 5.92 Å². The van der Waals surface area contributed by atoms with Crippen LogP contribution in [0.5, 0.6) is 0 Å². The van der Waals surface area contributed by atoms with E-state index in [1.54, 1.807) is 12.3 Å². The lowest BCUT2D eigenvalue weighted by Crippen LogP contribution is -2.31. The molecule has 0 radical (unpaired) electrons. The van der Waals surface area contributed by atoms with Gasteiger partial charge in [0.15, 0.2) is 0 Å². The molecule has 0 spiro atoms. The van der Waals surface area contributed by atoms with E-state index in [2.05, 4.69) is 27.4 Å². The van der Waals surface area contributed by atoms with Crippen molar-refractivity contribution in [3.8, 4) is 0 Å². The van der Waals surface area contributed by atoms with E-state index in [1.807, 2.05) is 6.92 Å². The summed E-state index contributed by atoms with van der Waals surface area (Å²) in [6.07, 6.45) is 2.71. The lowest BCUT2D eigenvalue weighted by atomic mass is 10.1. The van der Waals surface area contributed by atoms with Crippen LogP contribution in [0.3, 0.4) is 0 Å². The summed E-state index contributed by atoms with van der Waals surface area (Å²) in [7, 11) is 0. The number of carbonyl (C=O) groups excluding carboxylic acids is 1. The summed E-state index contributed by atoms with van der Waals surface area (Å²) >= 11 is 6.11. The number of likely N-dealkylation sites (tertiary alicyclic amines) is 1. The van der Waals surface area contributed by atoms with Gasteiger partial charge in [-0.2, -0.15) is 0 Å². The van der Waals surface area contributed by atoms with Gasteiger partial charge in [-0.15, -0.1) is 0 Å². The molecule has 1 atom stereocenters. The Kier molecular flexibility index (Phi) is 5.82. The number of hydrogen-bond acceptors (Lipinski definition) is 4. The highest BCUT2D eigenvalue weighted by Gasteiger charge is 2.21. The van der Waals surface area contributed by atoms with Crippen molar-refractivity contribution in [1.29, 1.82) is 0 Å². The molecule has 1 amide bonds. The third-order valence-electron chi connectivity index (χ3n) is 3.82. The SMILES string of the molecule is CCNc1ncc(C(=O)NCC2CCN(CC)C2)cc1Cl. The third kappa shape index (κ3) is 4.32. The molecule has 1 aromatic heterocycles. The van der Waals surface area contributed by atoms with Gasteiger partial charge < -0.3 is 15.5 Å². The first kappa shape index (κ1) is 16.0. The van der Waals surface area contributed by atoms with Crippen LogP contribution in [-0.4, -0.2) is 48.5 Å². The Balaban J connectivity index is 1.87. The van der Waals surface area contributed by atoms with Gasteiger partial charge in [-0.25, -0.2) is 4.98 Å². The fraction of sp³-hybridized carbons (Fsp3) is 0.600. The highest BCUT2D eigenvalue weighted by molar-refractivity contribution is 6.33. The van der Waals surface area contributed by atoms with E-state index in [0.717, 1.165) is 32.6 Å². The highest BCUT2D eigenvalue weighted by Crippen LogP contribution is 2.20. The van der Waals surface area contributed by atoms with Crippen molar-refractivity contribution in [3.05, 3.63) is 22.8 Å². The smallest absolute Gasteiger partial charge is 0.252 e. The zero-order chi connectivity index (χ0) is 15.2. The molecule has 2 rings (SSSR count). The lowest BCUT2D eigenvalue weighted by Gasteiger charge is -2.14. The van der Waals surface area contributed by atoms with Crippen LogP contribution in [-0.2, 0) is 0 Å². The fourth-order valence-electron chi connectivity index (χ4n) is 2.57. The number of rotatable bonds is 6. The molecule has 1 saturated heterocycles. The molecule has 0 aromatic carbocycles. The molecule has 116 valence electrons. The maximum atomic E-state index is 12.1. The van der Waals surface area contributed by atoms with Gasteiger partial charge in [0.05, 0.1) is 10.6 Å². The van der Waals surface area contributed by atoms with Crippen molar-refractivity contribution in [2.75, 3.05) is 38.0 Å². The fourth-order valence-corrected chi connectivity index (χ4v) is 2.80. The minimum absolute atomic E-state index is 0.109. The maximum Gasteiger partial charge on any atom is 0.252 e. The molecule has 6 heteroatoms. The molecule has 0 aliphatic carbocycles. The second-order valence-corrected chi connectivity index (χ2v) is 5.75. The predicted octanol–water partition coefficient (Wildman–Crippen LogP) is 2.24. The molecule has 2 heterocycles. The van der Waals surface area contributed by atoms with Crippen molar-refractivity contribution < 1.29 is 4.79 Å². The van der Waals surface area contributed by atoms with Gasteiger partial charge in [0, 0.05) is 25.8 Å². The van der Waals surface area contributed by atoms with E-state index >= 15 is 0 Å². The van der Waals surface area contributed by atoms with E-state index in [1.165, 1.54) is 0 Å². The van der Waals surface area contributed by atoms with Gasteiger partial charge in [-0.05, 0) is 38.4 Å². The molecule has 1 aliphatic rings. The average Bonchev–Trinajstić information content (AvgIpc) is 2.95. The van der Waals surface area contributed by atoms with E-state index in [9.17, 15) is 4.79 Å². The van der Waals surface area contributed by atoms with E-state index in [4.69, 9.17) is 11.6 Å². The largest absolute Gasteiger partial charge is 0.369 e. The number of nitrogens with one attached hydrogen (secondary N) is 2. The molecule has 1 aromatic rings. The number of carbonyl (C=O) groups is 1. The maximum absolute atomic E-state index is 12.1. The van der Waals surface area contributed by atoms with Crippen LogP contribution < -0.4 is 10.6 Å². The van der Waals surface area contributed by atoms with E-state index in [-0.39, 0.29) is 5.91 Å². The predicted molar refractivity (Wildman–Crippen MR) is 86.0 cm³/mol. The normalized spacial score (nSPS) is 18.7. The number of hydrogen-bond donors (Lipinski definition) is 2. The summed E-state index contributed by atoms with van der Waals surface area (Å²) in [6, 6.07) is 1.66. The molecule has 0 bridgehead atoms. The Bertz CT molecular complexity index is 495. The summed E-state index contributed by atoms with van der Waals surface area (Å²) in [5.74, 6) is 1.05. The number of anilines is 1. The Hall–Kier alpha value is -1.33. The zero-order valence-electron chi connectivity index (χ0n) is 12.7. The average molecular weight is 311 g/mol. The molecule has 0 saturated carbocycles. The van der Waals surface area contributed by atoms with Crippen LogP contribution in [0.25, 0.3) is 0 Å². The van der Waals surface area contributed by atoms with Crippen molar-refractivity contribution in [1.82, 2.24) is 15.2 Å². The van der Waals surface area contributed by atoms with Gasteiger partial charge in [0.1, 0.15) is 5.82 Å². The lowest BCUT2D eigenvalue weighted by molar-refractivity contribution is 0.0947. The Morgan fingerprint density at radius 2 is 2.33 bits per heavy atom. The first-order chi connectivity index (χ1) is 10.1. The Labute approximate surface area is 131 Å². The summed E-state index contributed by atoms with van der Waals surface area (Å²) in [4.78, 5) is 18.7. The zero-order valence-corrected chi connectivity index (χ0v) is 13.4. The van der Waals surface area contributed by atoms with Gasteiger partial charge >= 0.3 is 0 Å². The van der Waals surface area contributed by atoms with E-state index in [0.29, 0.717) is 28.9 Å². The van der Waals surface area contributed by atoms with E-state index < -0.39 is 0 Å². The van der Waals surface area contributed by atoms with Gasteiger partial charge in [-0.3, -0.25) is 4.79 Å². The standard InChI is InChI=1S/C15H23ClN4O/c1-3-17-14-13(16)7-12(9-18-14)15(21)19-8-11-5-6-20(4-2)10-11/h7,9,11H,3-6,8,10H2,1-2H3,(H,17,18)(H,19,21). The second kappa shape index (κ2) is 7.61. The van der Waals surface area contributed by atoms with Gasteiger partial charge in [-0.1, -0.05) is 18.5 Å². The molecule has 1 aliphatic heterocycles. The molecular formula is C15H23ClN4O. The first-order valence-corrected chi connectivity index (χ1v) is 7.91. The minimum atomic E-state index is -0.109. The quantitative estimate of drug-likeness (QED) is 0.846. The van der Waals surface area contributed by atoms with Crippen LogP contribution in [0, 0.1) is 5.92 Å².